The zero-order valence-corrected chi connectivity index (χ0v) is 15.7. The molecule has 25 heavy (non-hydrogen) atoms. The minimum atomic E-state index is -0.0198. The van der Waals surface area contributed by atoms with Gasteiger partial charge in [-0.25, -0.2) is 0 Å². The molecule has 4 nitrogen and oxygen atoms in total. The van der Waals surface area contributed by atoms with Crippen molar-refractivity contribution in [3.63, 3.8) is 0 Å². The maximum absolute atomic E-state index is 12.0. The van der Waals surface area contributed by atoms with Crippen molar-refractivity contribution in [2.45, 2.75) is 12.3 Å². The average molecular weight is 398 g/mol. The number of halogens is 2. The van der Waals surface area contributed by atoms with Crippen molar-refractivity contribution in [3.05, 3.63) is 57.6 Å². The molecular weight excluding hydrogens is 381 g/mol. The first kappa shape index (κ1) is 18.2. The van der Waals surface area contributed by atoms with Crippen LogP contribution in [0.5, 0.6) is 11.5 Å². The number of benzene rings is 2. The van der Waals surface area contributed by atoms with E-state index in [4.69, 9.17) is 32.7 Å². The van der Waals surface area contributed by atoms with Gasteiger partial charge in [0.2, 0.25) is 5.91 Å². The first-order valence-electron chi connectivity index (χ1n) is 7.79. The zero-order chi connectivity index (χ0) is 17.6. The molecule has 132 valence electrons. The number of hydrogen-bond donors (Lipinski definition) is 1. The summed E-state index contributed by atoms with van der Waals surface area (Å²) in [6.45, 7) is 1.50. The Morgan fingerprint density at radius 2 is 1.96 bits per heavy atom. The van der Waals surface area contributed by atoms with Crippen molar-refractivity contribution in [2.75, 3.05) is 19.0 Å². The second kappa shape index (κ2) is 8.70. The van der Waals surface area contributed by atoms with Crippen molar-refractivity contribution in [1.29, 1.82) is 0 Å². The number of carbonyl (C=O) groups is 1. The van der Waals surface area contributed by atoms with Crippen LogP contribution in [0.2, 0.25) is 10.0 Å². The molecule has 0 saturated carbocycles. The van der Waals surface area contributed by atoms with Crippen LogP contribution < -0.4 is 14.8 Å². The summed E-state index contributed by atoms with van der Waals surface area (Å²) in [6.07, 6.45) is 0. The van der Waals surface area contributed by atoms with Crippen LogP contribution in [0.1, 0.15) is 11.1 Å². The van der Waals surface area contributed by atoms with Gasteiger partial charge in [-0.15, -0.1) is 11.8 Å². The number of carbonyl (C=O) groups excluding carboxylic acids is 1. The van der Waals surface area contributed by atoms with Gasteiger partial charge in [-0.3, -0.25) is 4.79 Å². The van der Waals surface area contributed by atoms with Crippen molar-refractivity contribution in [2.24, 2.45) is 0 Å². The van der Waals surface area contributed by atoms with E-state index in [0.29, 0.717) is 52.8 Å². The van der Waals surface area contributed by atoms with Gasteiger partial charge < -0.3 is 14.8 Å². The maximum Gasteiger partial charge on any atom is 0.230 e. The van der Waals surface area contributed by atoms with Crippen LogP contribution in [0.4, 0.5) is 0 Å². The summed E-state index contributed by atoms with van der Waals surface area (Å²) >= 11 is 13.7. The summed E-state index contributed by atoms with van der Waals surface area (Å²) in [5.41, 5.74) is 1.98. The highest BCUT2D eigenvalue weighted by Crippen LogP contribution is 2.39. The number of rotatable bonds is 6. The fraction of sp³-hybridized carbons (Fsp3) is 0.278. The number of amides is 1. The number of nitrogens with one attached hydrogen (secondary N) is 1. The molecule has 2 aromatic carbocycles. The topological polar surface area (TPSA) is 47.6 Å². The Bertz CT molecular complexity index is 770. The Kier molecular flexibility index (Phi) is 6.34. The van der Waals surface area contributed by atoms with E-state index in [1.54, 1.807) is 6.07 Å². The molecule has 1 aliphatic rings. The molecule has 0 atom stereocenters. The van der Waals surface area contributed by atoms with Gasteiger partial charge >= 0.3 is 0 Å². The van der Waals surface area contributed by atoms with E-state index in [1.807, 2.05) is 30.3 Å². The summed E-state index contributed by atoms with van der Waals surface area (Å²) in [6, 6.07) is 11.2. The van der Waals surface area contributed by atoms with Crippen LogP contribution in [0.3, 0.4) is 0 Å². The van der Waals surface area contributed by atoms with E-state index < -0.39 is 0 Å². The third kappa shape index (κ3) is 5.21. The Hall–Kier alpha value is -1.56. The normalized spacial score (nSPS) is 12.7. The molecule has 3 rings (SSSR count). The first-order valence-corrected chi connectivity index (χ1v) is 9.70. The fourth-order valence-corrected chi connectivity index (χ4v) is 3.70. The van der Waals surface area contributed by atoms with Crippen LogP contribution in [0, 0.1) is 0 Å². The summed E-state index contributed by atoms with van der Waals surface area (Å²) < 4.78 is 11.1. The fourth-order valence-electron chi connectivity index (χ4n) is 2.41. The van der Waals surface area contributed by atoms with Gasteiger partial charge in [0, 0.05) is 17.3 Å². The van der Waals surface area contributed by atoms with Crippen molar-refractivity contribution >= 4 is 40.9 Å². The van der Waals surface area contributed by atoms with Gasteiger partial charge in [0.05, 0.1) is 10.8 Å². The molecule has 1 amide bonds. The monoisotopic (exact) mass is 397 g/mol. The first-order chi connectivity index (χ1) is 12.1. The van der Waals surface area contributed by atoms with Gasteiger partial charge in [-0.2, -0.15) is 0 Å². The van der Waals surface area contributed by atoms with E-state index >= 15 is 0 Å². The molecule has 0 bridgehead atoms. The van der Waals surface area contributed by atoms with E-state index in [2.05, 4.69) is 5.32 Å². The Morgan fingerprint density at radius 3 is 2.80 bits per heavy atom. The van der Waals surface area contributed by atoms with Crippen molar-refractivity contribution in [3.8, 4) is 11.5 Å². The largest absolute Gasteiger partial charge is 0.486 e. The van der Waals surface area contributed by atoms with Gasteiger partial charge in [-0.1, -0.05) is 35.3 Å². The highest BCUT2D eigenvalue weighted by molar-refractivity contribution is 7.99. The number of thioether (sulfide) groups is 1. The third-order valence-corrected chi connectivity index (χ3v) is 5.06. The van der Waals surface area contributed by atoms with Crippen LogP contribution in [-0.4, -0.2) is 24.9 Å². The van der Waals surface area contributed by atoms with Gasteiger partial charge in [0.1, 0.15) is 13.2 Å². The third-order valence-electron chi connectivity index (χ3n) is 3.54. The van der Waals surface area contributed by atoms with E-state index in [-0.39, 0.29) is 5.91 Å². The van der Waals surface area contributed by atoms with Crippen LogP contribution in [-0.2, 0) is 17.1 Å². The number of hydrogen-bond acceptors (Lipinski definition) is 4. The van der Waals surface area contributed by atoms with Crippen LogP contribution >= 0.6 is 35.0 Å². The molecule has 0 radical (unpaired) electrons. The van der Waals surface area contributed by atoms with Crippen LogP contribution in [0.25, 0.3) is 0 Å². The molecule has 7 heteroatoms. The Morgan fingerprint density at radius 1 is 1.12 bits per heavy atom. The molecule has 0 aliphatic carbocycles. The van der Waals surface area contributed by atoms with Gasteiger partial charge in [0.25, 0.3) is 0 Å². The Balaban J connectivity index is 1.46. The van der Waals surface area contributed by atoms with Crippen molar-refractivity contribution in [1.82, 2.24) is 5.32 Å². The van der Waals surface area contributed by atoms with Crippen molar-refractivity contribution < 1.29 is 14.3 Å². The predicted molar refractivity (Wildman–Crippen MR) is 102 cm³/mol. The number of fused-ring (bicyclic) bond motifs is 1. The predicted octanol–water partition coefficient (Wildman–Crippen LogP) is 4.31. The van der Waals surface area contributed by atoms with E-state index in [0.717, 1.165) is 11.1 Å². The standard InChI is InChI=1S/C18H17Cl2NO3S/c19-14-3-1-2-12(6-14)9-21-17(22)11-25-10-13-7-15(20)18-16(8-13)23-4-5-24-18/h1-3,6-8H,4-5,9-11H2,(H,21,22). The molecule has 2 aromatic rings. The SMILES string of the molecule is O=C(CSCc1cc(Cl)c2c(c1)OCCO2)NCc1cccc(Cl)c1. The number of ether oxygens (including phenoxy) is 2. The highest BCUT2D eigenvalue weighted by atomic mass is 35.5. The second-order valence-electron chi connectivity index (χ2n) is 5.50. The molecule has 1 N–H and O–H groups in total. The lowest BCUT2D eigenvalue weighted by Gasteiger charge is -2.20. The molecule has 0 spiro atoms. The molecular formula is C18H17Cl2NO3S. The lowest BCUT2D eigenvalue weighted by molar-refractivity contribution is -0.118. The molecule has 1 aliphatic heterocycles. The Labute approximate surface area is 160 Å². The zero-order valence-electron chi connectivity index (χ0n) is 13.4. The van der Waals surface area contributed by atoms with E-state index in [9.17, 15) is 4.79 Å². The van der Waals surface area contributed by atoms with Gasteiger partial charge in [-0.05, 0) is 35.4 Å². The van der Waals surface area contributed by atoms with Gasteiger partial charge in [0.15, 0.2) is 11.5 Å². The smallest absolute Gasteiger partial charge is 0.230 e. The molecule has 0 aromatic heterocycles. The molecule has 0 unspecified atom stereocenters. The quantitative estimate of drug-likeness (QED) is 0.788. The van der Waals surface area contributed by atoms with E-state index in [1.165, 1.54) is 11.8 Å². The summed E-state index contributed by atoms with van der Waals surface area (Å²) in [5.74, 6) is 2.28. The van der Waals surface area contributed by atoms with Crippen LogP contribution in [0.15, 0.2) is 36.4 Å². The lowest BCUT2D eigenvalue weighted by Crippen LogP contribution is -2.24. The lowest BCUT2D eigenvalue weighted by atomic mass is 10.2. The summed E-state index contributed by atoms with van der Waals surface area (Å²) in [5, 5.41) is 4.09. The average Bonchev–Trinajstić information content (AvgIpc) is 2.60. The molecule has 1 heterocycles. The molecule has 0 fully saturated rings. The maximum atomic E-state index is 12.0. The molecule has 0 saturated heterocycles. The minimum absolute atomic E-state index is 0.0198. The summed E-state index contributed by atoms with van der Waals surface area (Å²) in [7, 11) is 0. The minimum Gasteiger partial charge on any atom is -0.486 e. The highest BCUT2D eigenvalue weighted by Gasteiger charge is 2.16. The summed E-state index contributed by atoms with van der Waals surface area (Å²) in [4.78, 5) is 12.0. The second-order valence-corrected chi connectivity index (χ2v) is 7.33.